The summed E-state index contributed by atoms with van der Waals surface area (Å²) in [6.45, 7) is 1.79. The quantitative estimate of drug-likeness (QED) is 0.708. The SMILES string of the molecule is COc1ccc(C(=O)N2CCCC(C(=O)NCCN)C2)c(OC)c1OC.Cl. The van der Waals surface area contributed by atoms with Crippen molar-refractivity contribution in [1.82, 2.24) is 10.2 Å². The highest BCUT2D eigenvalue weighted by molar-refractivity contribution is 5.98. The second-order valence-corrected chi connectivity index (χ2v) is 6.05. The van der Waals surface area contributed by atoms with Gasteiger partial charge in [-0.15, -0.1) is 12.4 Å². The number of hydrogen-bond acceptors (Lipinski definition) is 6. The largest absolute Gasteiger partial charge is 0.493 e. The van der Waals surface area contributed by atoms with Crippen LogP contribution in [0, 0.1) is 5.92 Å². The second-order valence-electron chi connectivity index (χ2n) is 6.05. The van der Waals surface area contributed by atoms with Crippen LogP contribution in [-0.2, 0) is 4.79 Å². The Morgan fingerprint density at radius 3 is 2.48 bits per heavy atom. The first-order chi connectivity index (χ1) is 12.6. The molecule has 0 spiro atoms. The number of amides is 2. The molecule has 1 aromatic carbocycles. The maximum atomic E-state index is 13.0. The Morgan fingerprint density at radius 2 is 1.89 bits per heavy atom. The van der Waals surface area contributed by atoms with E-state index in [1.165, 1.54) is 21.3 Å². The normalized spacial score (nSPS) is 16.1. The van der Waals surface area contributed by atoms with Gasteiger partial charge in [-0.3, -0.25) is 9.59 Å². The highest BCUT2D eigenvalue weighted by Crippen LogP contribution is 2.40. The van der Waals surface area contributed by atoms with Crippen LogP contribution in [0.2, 0.25) is 0 Å². The fourth-order valence-electron chi connectivity index (χ4n) is 3.16. The number of halogens is 1. The van der Waals surface area contributed by atoms with E-state index in [9.17, 15) is 9.59 Å². The molecule has 1 aliphatic heterocycles. The number of benzene rings is 1. The molecule has 8 nitrogen and oxygen atoms in total. The van der Waals surface area contributed by atoms with Crippen LogP contribution in [0.25, 0.3) is 0 Å². The van der Waals surface area contributed by atoms with Gasteiger partial charge in [0.2, 0.25) is 11.7 Å². The third-order valence-electron chi connectivity index (χ3n) is 4.46. The van der Waals surface area contributed by atoms with Crippen molar-refractivity contribution >= 4 is 24.2 Å². The van der Waals surface area contributed by atoms with Gasteiger partial charge in [-0.25, -0.2) is 0 Å². The monoisotopic (exact) mass is 401 g/mol. The van der Waals surface area contributed by atoms with Crippen LogP contribution in [0.15, 0.2) is 12.1 Å². The molecule has 2 amide bonds. The lowest BCUT2D eigenvalue weighted by Gasteiger charge is -2.32. The van der Waals surface area contributed by atoms with Gasteiger partial charge in [0.1, 0.15) is 0 Å². The van der Waals surface area contributed by atoms with Crippen molar-refractivity contribution in [3.8, 4) is 17.2 Å². The summed E-state index contributed by atoms with van der Waals surface area (Å²) in [4.78, 5) is 26.9. The van der Waals surface area contributed by atoms with Crippen molar-refractivity contribution in [1.29, 1.82) is 0 Å². The summed E-state index contributed by atoms with van der Waals surface area (Å²) in [6.07, 6.45) is 1.52. The highest BCUT2D eigenvalue weighted by atomic mass is 35.5. The van der Waals surface area contributed by atoms with Gasteiger partial charge in [-0.1, -0.05) is 0 Å². The Morgan fingerprint density at radius 1 is 1.19 bits per heavy atom. The number of carbonyl (C=O) groups is 2. The minimum absolute atomic E-state index is 0. The van der Waals surface area contributed by atoms with Crippen LogP contribution >= 0.6 is 12.4 Å². The zero-order valence-corrected chi connectivity index (χ0v) is 16.8. The molecule has 0 aromatic heterocycles. The molecule has 1 unspecified atom stereocenters. The van der Waals surface area contributed by atoms with Crippen LogP contribution in [0.1, 0.15) is 23.2 Å². The lowest BCUT2D eigenvalue weighted by Crippen LogP contribution is -2.46. The van der Waals surface area contributed by atoms with Crippen molar-refractivity contribution in [3.63, 3.8) is 0 Å². The van der Waals surface area contributed by atoms with Crippen molar-refractivity contribution in [2.75, 3.05) is 47.5 Å². The van der Waals surface area contributed by atoms with E-state index in [-0.39, 0.29) is 30.1 Å². The van der Waals surface area contributed by atoms with Crippen LogP contribution < -0.4 is 25.3 Å². The molecule has 1 saturated heterocycles. The van der Waals surface area contributed by atoms with Crippen molar-refractivity contribution < 1.29 is 23.8 Å². The average Bonchev–Trinajstić information content (AvgIpc) is 2.70. The number of rotatable bonds is 7. The van der Waals surface area contributed by atoms with E-state index in [0.717, 1.165) is 12.8 Å². The lowest BCUT2D eigenvalue weighted by atomic mass is 9.96. The second kappa shape index (κ2) is 10.8. The molecule has 0 aliphatic carbocycles. The summed E-state index contributed by atoms with van der Waals surface area (Å²) >= 11 is 0. The average molecular weight is 402 g/mol. The number of nitrogens with one attached hydrogen (secondary N) is 1. The van der Waals surface area contributed by atoms with E-state index in [1.54, 1.807) is 17.0 Å². The summed E-state index contributed by atoms with van der Waals surface area (Å²) < 4.78 is 16.0. The molecule has 27 heavy (non-hydrogen) atoms. The number of piperidine rings is 1. The summed E-state index contributed by atoms with van der Waals surface area (Å²) in [5.41, 5.74) is 5.81. The summed E-state index contributed by atoms with van der Waals surface area (Å²) in [6, 6.07) is 3.32. The molecule has 0 radical (unpaired) electrons. The molecule has 152 valence electrons. The highest BCUT2D eigenvalue weighted by Gasteiger charge is 2.31. The van der Waals surface area contributed by atoms with Gasteiger partial charge in [-0.2, -0.15) is 0 Å². The van der Waals surface area contributed by atoms with Gasteiger partial charge >= 0.3 is 0 Å². The van der Waals surface area contributed by atoms with E-state index in [2.05, 4.69) is 5.32 Å². The topological polar surface area (TPSA) is 103 Å². The van der Waals surface area contributed by atoms with Crippen LogP contribution in [0.5, 0.6) is 17.2 Å². The van der Waals surface area contributed by atoms with Crippen LogP contribution in [-0.4, -0.2) is 64.2 Å². The molecule has 1 heterocycles. The van der Waals surface area contributed by atoms with Crippen LogP contribution in [0.3, 0.4) is 0 Å². The summed E-state index contributed by atoms with van der Waals surface area (Å²) in [5, 5.41) is 2.79. The number of hydrogen-bond donors (Lipinski definition) is 2. The van der Waals surface area contributed by atoms with Gasteiger partial charge in [0.05, 0.1) is 32.8 Å². The Hall–Kier alpha value is -2.19. The molecule has 2 rings (SSSR count). The maximum Gasteiger partial charge on any atom is 0.257 e. The van der Waals surface area contributed by atoms with Crippen molar-refractivity contribution in [2.24, 2.45) is 11.7 Å². The molecule has 3 N–H and O–H groups in total. The predicted octanol–water partition coefficient (Wildman–Crippen LogP) is 1.06. The standard InChI is InChI=1S/C18H27N3O5.ClH/c1-24-14-7-6-13(15(25-2)16(14)26-3)18(23)21-10-4-5-12(11-21)17(22)20-9-8-19;/h6-7,12H,4-5,8-11,19H2,1-3H3,(H,20,22);1H. The molecule has 1 atom stereocenters. The Bertz CT molecular complexity index is 656. The molecule has 1 fully saturated rings. The number of likely N-dealkylation sites (tertiary alicyclic amines) is 1. The Labute approximate surface area is 165 Å². The van der Waals surface area contributed by atoms with E-state index in [4.69, 9.17) is 19.9 Å². The molecular weight excluding hydrogens is 374 g/mol. The van der Waals surface area contributed by atoms with Crippen molar-refractivity contribution in [2.45, 2.75) is 12.8 Å². The third kappa shape index (κ3) is 5.17. The molecule has 0 bridgehead atoms. The molecule has 1 aromatic rings. The fraction of sp³-hybridized carbons (Fsp3) is 0.556. The first-order valence-corrected chi connectivity index (χ1v) is 8.63. The van der Waals surface area contributed by atoms with E-state index in [0.29, 0.717) is 49.0 Å². The van der Waals surface area contributed by atoms with Crippen LogP contribution in [0.4, 0.5) is 0 Å². The number of methoxy groups -OCH3 is 3. The zero-order valence-electron chi connectivity index (χ0n) is 15.9. The van der Waals surface area contributed by atoms with Crippen molar-refractivity contribution in [3.05, 3.63) is 17.7 Å². The summed E-state index contributed by atoms with van der Waals surface area (Å²) in [7, 11) is 4.49. The van der Waals surface area contributed by atoms with Gasteiger partial charge in [0.25, 0.3) is 5.91 Å². The predicted molar refractivity (Wildman–Crippen MR) is 104 cm³/mol. The fourth-order valence-corrected chi connectivity index (χ4v) is 3.16. The van der Waals surface area contributed by atoms with E-state index < -0.39 is 0 Å². The maximum absolute atomic E-state index is 13.0. The van der Waals surface area contributed by atoms with Gasteiger partial charge in [-0.05, 0) is 25.0 Å². The number of ether oxygens (including phenoxy) is 3. The first-order valence-electron chi connectivity index (χ1n) is 8.63. The van der Waals surface area contributed by atoms with E-state index in [1.807, 2.05) is 0 Å². The molecule has 9 heteroatoms. The Balaban J connectivity index is 0.00000364. The third-order valence-corrected chi connectivity index (χ3v) is 4.46. The first kappa shape index (κ1) is 22.9. The minimum Gasteiger partial charge on any atom is -0.493 e. The zero-order chi connectivity index (χ0) is 19.1. The lowest BCUT2D eigenvalue weighted by molar-refractivity contribution is -0.126. The van der Waals surface area contributed by atoms with E-state index >= 15 is 0 Å². The number of carbonyl (C=O) groups excluding carboxylic acids is 2. The van der Waals surface area contributed by atoms with Gasteiger partial charge in [0, 0.05) is 26.2 Å². The number of nitrogens with two attached hydrogens (primary N) is 1. The minimum atomic E-state index is -0.231. The summed E-state index contributed by atoms with van der Waals surface area (Å²) in [5.74, 6) is 0.692. The Kier molecular flexibility index (Phi) is 9.17. The smallest absolute Gasteiger partial charge is 0.257 e. The molecule has 1 aliphatic rings. The molecular formula is C18H28ClN3O5. The molecule has 0 saturated carbocycles. The van der Waals surface area contributed by atoms with Gasteiger partial charge in [0.15, 0.2) is 11.5 Å². The number of nitrogens with zero attached hydrogens (tertiary/aromatic N) is 1. The van der Waals surface area contributed by atoms with Gasteiger partial charge < -0.3 is 30.2 Å².